The number of esters is 1. The van der Waals surface area contributed by atoms with E-state index < -0.39 is 12.1 Å². The van der Waals surface area contributed by atoms with Crippen molar-refractivity contribution in [1.82, 2.24) is 4.98 Å². The maximum atomic E-state index is 11.8. The van der Waals surface area contributed by atoms with E-state index in [0.717, 1.165) is 25.9 Å². The molecule has 1 saturated heterocycles. The van der Waals surface area contributed by atoms with Gasteiger partial charge in [0.1, 0.15) is 5.75 Å². The van der Waals surface area contributed by atoms with Crippen LogP contribution in [0.3, 0.4) is 0 Å². The number of rotatable bonds is 5. The highest BCUT2D eigenvalue weighted by Gasteiger charge is 2.20. The van der Waals surface area contributed by atoms with Gasteiger partial charge in [0.15, 0.2) is 6.10 Å². The van der Waals surface area contributed by atoms with Gasteiger partial charge in [-0.1, -0.05) is 0 Å². The first-order valence-corrected chi connectivity index (χ1v) is 6.60. The minimum absolute atomic E-state index is 0.0994. The Labute approximate surface area is 112 Å². The summed E-state index contributed by atoms with van der Waals surface area (Å²) in [5, 5.41) is 0. The lowest BCUT2D eigenvalue weighted by Crippen LogP contribution is -2.31. The van der Waals surface area contributed by atoms with Crippen molar-refractivity contribution in [2.75, 3.05) is 13.2 Å². The fourth-order valence-corrected chi connectivity index (χ4v) is 1.87. The van der Waals surface area contributed by atoms with Gasteiger partial charge >= 0.3 is 5.97 Å². The smallest absolute Gasteiger partial charge is 0.340 e. The summed E-state index contributed by atoms with van der Waals surface area (Å²) in [6.45, 7) is 2.90. The average molecular weight is 265 g/mol. The lowest BCUT2D eigenvalue weighted by molar-refractivity contribution is -0.149. The molecule has 0 amide bonds. The van der Waals surface area contributed by atoms with Crippen LogP contribution in [0.5, 0.6) is 5.75 Å². The first-order valence-electron chi connectivity index (χ1n) is 6.60. The molecule has 104 valence electrons. The fourth-order valence-electron chi connectivity index (χ4n) is 1.87. The fraction of sp³-hybridized carbons (Fsp3) is 0.571. The van der Waals surface area contributed by atoms with Crippen molar-refractivity contribution < 1.29 is 19.0 Å². The standard InChI is InChI=1S/C14H19NO4/c1-11(18-10-13-5-2-3-8-17-13)14(16)19-12-6-4-7-15-9-12/h4,6-7,9,11,13H,2-3,5,8,10H2,1H3. The molecule has 1 aromatic heterocycles. The number of hydrogen-bond donors (Lipinski definition) is 0. The van der Waals surface area contributed by atoms with Crippen molar-refractivity contribution in [2.45, 2.75) is 38.4 Å². The van der Waals surface area contributed by atoms with Crippen molar-refractivity contribution in [3.05, 3.63) is 24.5 Å². The Balaban J connectivity index is 1.73. The average Bonchev–Trinajstić information content (AvgIpc) is 2.47. The Morgan fingerprint density at radius 2 is 2.47 bits per heavy atom. The third-order valence-electron chi connectivity index (χ3n) is 2.99. The van der Waals surface area contributed by atoms with E-state index in [1.807, 2.05) is 0 Å². The minimum atomic E-state index is -0.606. The summed E-state index contributed by atoms with van der Waals surface area (Å²) < 4.78 is 16.2. The zero-order valence-electron chi connectivity index (χ0n) is 11.1. The van der Waals surface area contributed by atoms with Crippen molar-refractivity contribution >= 4 is 5.97 Å². The second kappa shape index (κ2) is 7.21. The van der Waals surface area contributed by atoms with Crippen molar-refractivity contribution in [3.63, 3.8) is 0 Å². The van der Waals surface area contributed by atoms with Gasteiger partial charge < -0.3 is 14.2 Å². The number of ether oxygens (including phenoxy) is 3. The molecule has 0 saturated carbocycles. The van der Waals surface area contributed by atoms with Gasteiger partial charge in [0.25, 0.3) is 0 Å². The van der Waals surface area contributed by atoms with Gasteiger partial charge in [0, 0.05) is 12.8 Å². The summed E-state index contributed by atoms with van der Waals surface area (Å²) in [4.78, 5) is 15.6. The summed E-state index contributed by atoms with van der Waals surface area (Å²) >= 11 is 0. The first-order chi connectivity index (χ1) is 9.25. The largest absolute Gasteiger partial charge is 0.423 e. The second-order valence-electron chi connectivity index (χ2n) is 4.57. The highest BCUT2D eigenvalue weighted by molar-refractivity contribution is 5.76. The molecule has 19 heavy (non-hydrogen) atoms. The van der Waals surface area contributed by atoms with E-state index in [9.17, 15) is 4.79 Å². The van der Waals surface area contributed by atoms with E-state index in [0.29, 0.717) is 12.4 Å². The van der Waals surface area contributed by atoms with Crippen LogP contribution in [0.25, 0.3) is 0 Å². The number of carbonyl (C=O) groups excluding carboxylic acids is 1. The van der Waals surface area contributed by atoms with Gasteiger partial charge in [-0.2, -0.15) is 0 Å². The number of pyridine rings is 1. The Bertz CT molecular complexity index is 390. The second-order valence-corrected chi connectivity index (χ2v) is 4.57. The quantitative estimate of drug-likeness (QED) is 0.762. The number of aromatic nitrogens is 1. The van der Waals surface area contributed by atoms with Crippen LogP contribution in [0.2, 0.25) is 0 Å². The lowest BCUT2D eigenvalue weighted by atomic mass is 10.1. The van der Waals surface area contributed by atoms with Gasteiger partial charge in [0.05, 0.1) is 18.9 Å². The normalized spacial score (nSPS) is 20.8. The number of nitrogens with zero attached hydrogens (tertiary/aromatic N) is 1. The molecular weight excluding hydrogens is 246 g/mol. The summed E-state index contributed by atoms with van der Waals surface area (Å²) in [5.74, 6) is 0.0145. The van der Waals surface area contributed by atoms with Crippen LogP contribution < -0.4 is 4.74 Å². The molecule has 1 fully saturated rings. The van der Waals surface area contributed by atoms with Crippen LogP contribution in [0.15, 0.2) is 24.5 Å². The molecule has 5 nitrogen and oxygen atoms in total. The molecule has 2 heterocycles. The molecule has 2 rings (SSSR count). The molecule has 1 aliphatic rings. The number of carbonyl (C=O) groups is 1. The highest BCUT2D eigenvalue weighted by Crippen LogP contribution is 2.14. The molecule has 0 aromatic carbocycles. The molecule has 1 aliphatic heterocycles. The topological polar surface area (TPSA) is 57.7 Å². The third kappa shape index (κ3) is 4.61. The maximum Gasteiger partial charge on any atom is 0.340 e. The molecule has 0 N–H and O–H groups in total. The maximum absolute atomic E-state index is 11.8. The van der Waals surface area contributed by atoms with Crippen molar-refractivity contribution in [3.8, 4) is 5.75 Å². The minimum Gasteiger partial charge on any atom is -0.423 e. The molecule has 1 aromatic rings. The Kier molecular flexibility index (Phi) is 5.30. The first kappa shape index (κ1) is 14.0. The van der Waals surface area contributed by atoms with Gasteiger partial charge in [-0.3, -0.25) is 4.98 Å². The number of hydrogen-bond acceptors (Lipinski definition) is 5. The summed E-state index contributed by atoms with van der Waals surface area (Å²) in [6.07, 6.45) is 5.86. The monoisotopic (exact) mass is 265 g/mol. The van der Waals surface area contributed by atoms with E-state index in [1.165, 1.54) is 6.20 Å². The van der Waals surface area contributed by atoms with Crippen LogP contribution >= 0.6 is 0 Å². The predicted octanol–water partition coefficient (Wildman–Crippen LogP) is 1.96. The van der Waals surface area contributed by atoms with Crippen LogP contribution in [0, 0.1) is 0 Å². The third-order valence-corrected chi connectivity index (χ3v) is 2.99. The van der Waals surface area contributed by atoms with Gasteiger partial charge in [-0.25, -0.2) is 4.79 Å². The van der Waals surface area contributed by atoms with Crippen LogP contribution in [-0.2, 0) is 14.3 Å². The molecule has 0 bridgehead atoms. The molecule has 5 heteroatoms. The molecular formula is C14H19NO4. The van der Waals surface area contributed by atoms with Gasteiger partial charge in [0.2, 0.25) is 0 Å². The van der Waals surface area contributed by atoms with Crippen molar-refractivity contribution in [1.29, 1.82) is 0 Å². The molecule has 0 radical (unpaired) electrons. The molecule has 2 atom stereocenters. The van der Waals surface area contributed by atoms with E-state index in [2.05, 4.69) is 4.98 Å². The lowest BCUT2D eigenvalue weighted by Gasteiger charge is -2.23. The summed E-state index contributed by atoms with van der Waals surface area (Å²) in [6, 6.07) is 3.39. The zero-order valence-corrected chi connectivity index (χ0v) is 11.1. The van der Waals surface area contributed by atoms with Gasteiger partial charge in [-0.15, -0.1) is 0 Å². The Morgan fingerprint density at radius 3 is 3.16 bits per heavy atom. The molecule has 2 unspecified atom stereocenters. The van der Waals surface area contributed by atoms with Crippen molar-refractivity contribution in [2.24, 2.45) is 0 Å². The predicted molar refractivity (Wildman–Crippen MR) is 68.9 cm³/mol. The zero-order chi connectivity index (χ0) is 13.5. The Hall–Kier alpha value is -1.46. The molecule has 0 spiro atoms. The van der Waals surface area contributed by atoms with Crippen LogP contribution in [0.1, 0.15) is 26.2 Å². The highest BCUT2D eigenvalue weighted by atomic mass is 16.6. The SMILES string of the molecule is CC(OCC1CCCCO1)C(=O)Oc1cccnc1. The van der Waals surface area contributed by atoms with E-state index in [1.54, 1.807) is 25.3 Å². The molecule has 0 aliphatic carbocycles. The van der Waals surface area contributed by atoms with Crippen LogP contribution in [-0.4, -0.2) is 36.4 Å². The van der Waals surface area contributed by atoms with Gasteiger partial charge in [-0.05, 0) is 38.3 Å². The van der Waals surface area contributed by atoms with E-state index in [-0.39, 0.29) is 6.10 Å². The van der Waals surface area contributed by atoms with Crippen LogP contribution in [0.4, 0.5) is 0 Å². The Morgan fingerprint density at radius 1 is 1.58 bits per heavy atom. The summed E-state index contributed by atoms with van der Waals surface area (Å²) in [7, 11) is 0. The van der Waals surface area contributed by atoms with E-state index in [4.69, 9.17) is 14.2 Å². The summed E-state index contributed by atoms with van der Waals surface area (Å²) in [5.41, 5.74) is 0. The van der Waals surface area contributed by atoms with E-state index >= 15 is 0 Å².